The zero-order valence-corrected chi connectivity index (χ0v) is 44.3. The smallest absolute Gasteiger partial charge is 0.356 e. The zero-order chi connectivity index (χ0) is 53.0. The second-order valence-electron chi connectivity index (χ2n) is 14.5. The molecule has 0 bridgehead atoms. The number of nitrogens with two attached hydrogens (primary N) is 4. The van der Waals surface area contributed by atoms with Crippen LogP contribution in [0.3, 0.4) is 0 Å². The number of aromatic nitrogens is 1. The van der Waals surface area contributed by atoms with Crippen molar-refractivity contribution >= 4 is 47.9 Å². The number of hydrogen-bond donors (Lipinski definition) is 5. The van der Waals surface area contributed by atoms with Crippen molar-refractivity contribution in [3.05, 3.63) is 59.1 Å². The largest absolute Gasteiger partial charge is 0.490 e. The molecule has 1 aromatic heterocycles. The number of amides is 1. The Bertz CT molecular complexity index is 1620. The fourth-order valence-electron chi connectivity index (χ4n) is 5.07. The van der Waals surface area contributed by atoms with Gasteiger partial charge in [-0.25, -0.2) is 33.4 Å². The molecule has 15 nitrogen and oxygen atoms in total. The molecule has 9 N–H and O–H groups in total. The number of alkyl halides is 4. The number of halogens is 4. The maximum atomic E-state index is 16.0. The number of hydrazine groups is 1. The molecule has 1 aliphatic carbocycles. The number of esters is 1. The van der Waals surface area contributed by atoms with Crippen LogP contribution in [-0.2, 0) is 38.7 Å². The Hall–Kier alpha value is -4.37. The standard InChI is InChI=1S/C37H56F3N7O8S2.4C2H6.CH3F/c1-7-9-13-56-54-33(50)37(34(51)55-57-14-10-8-2,18-24(38)21-47(44)22-28(41)32(49)53-35(4,5)6)29(42)11-12-30(43)46-31(48)17-25-16-26(15-23(3)45-25)52-27-19-36(39,40)20-27;5*1-2/h11-12,15-16,22,24,27H,7-10,13-14,17-21,41-44H2,1-6H3,(H,46,48);4*1-2H3;1H3/b28-22-,29-11-,30-12+;;;;;. The summed E-state index contributed by atoms with van der Waals surface area (Å²) in [5.41, 5.74) is 14.7. The van der Waals surface area contributed by atoms with Gasteiger partial charge in [0.25, 0.3) is 5.92 Å². The summed E-state index contributed by atoms with van der Waals surface area (Å²) >= 11 is 1.51. The van der Waals surface area contributed by atoms with Crippen LogP contribution in [0.4, 0.5) is 17.6 Å². The van der Waals surface area contributed by atoms with Gasteiger partial charge >= 0.3 is 17.9 Å². The molecule has 390 valence electrons. The summed E-state index contributed by atoms with van der Waals surface area (Å²) in [5.74, 6) is -0.0666. The third-order valence-corrected chi connectivity index (χ3v) is 9.35. The molecule has 0 aliphatic heterocycles. The van der Waals surface area contributed by atoms with Gasteiger partial charge in [0, 0.05) is 60.5 Å². The van der Waals surface area contributed by atoms with Crippen LogP contribution >= 0.6 is 24.1 Å². The molecule has 0 aromatic carbocycles. The van der Waals surface area contributed by atoms with Crippen molar-refractivity contribution in [3.8, 4) is 5.75 Å². The van der Waals surface area contributed by atoms with Gasteiger partial charge in [-0.15, -0.1) is 0 Å². The fraction of sp³-hybridized carbons (Fsp3) is 0.674. The number of carbonyl (C=O) groups excluding carboxylic acids is 4. The molecule has 2 rings (SSSR count). The van der Waals surface area contributed by atoms with Crippen LogP contribution in [0, 0.1) is 12.3 Å². The maximum Gasteiger partial charge on any atom is 0.356 e. The molecular weight excluding hydrogens is 919 g/mol. The summed E-state index contributed by atoms with van der Waals surface area (Å²) in [6, 6.07) is 3.02. The number of pyridine rings is 1. The Morgan fingerprint density at radius 2 is 1.39 bits per heavy atom. The first kappa shape index (κ1) is 69.2. The predicted octanol–water partition coefficient (Wildman–Crippen LogP) is 9.57. The van der Waals surface area contributed by atoms with Crippen molar-refractivity contribution in [2.75, 3.05) is 25.2 Å². The lowest BCUT2D eigenvalue weighted by atomic mass is 9.79. The van der Waals surface area contributed by atoms with Gasteiger partial charge < -0.3 is 45.4 Å². The first-order valence-corrected chi connectivity index (χ1v) is 24.6. The van der Waals surface area contributed by atoms with E-state index in [0.29, 0.717) is 37.2 Å². The predicted molar refractivity (Wildman–Crippen MR) is 264 cm³/mol. The van der Waals surface area contributed by atoms with Crippen LogP contribution in [0.1, 0.15) is 146 Å². The highest BCUT2D eigenvalue weighted by molar-refractivity contribution is 7.95. The first-order valence-electron chi connectivity index (χ1n) is 22.8. The summed E-state index contributed by atoms with van der Waals surface area (Å²) in [4.78, 5) is 57.3. The van der Waals surface area contributed by atoms with Gasteiger partial charge in [-0.1, -0.05) is 82.1 Å². The van der Waals surface area contributed by atoms with E-state index in [1.54, 1.807) is 33.8 Å². The minimum atomic E-state index is -2.77. The van der Waals surface area contributed by atoms with Crippen molar-refractivity contribution in [1.82, 2.24) is 15.3 Å². The number of carbonyl (C=O) groups is 4. The summed E-state index contributed by atoms with van der Waals surface area (Å²) in [6.07, 6.45) is 1.20. The van der Waals surface area contributed by atoms with E-state index >= 15 is 4.39 Å². The highest BCUT2D eigenvalue weighted by Gasteiger charge is 2.54. The van der Waals surface area contributed by atoms with E-state index in [0.717, 1.165) is 60.3 Å². The van der Waals surface area contributed by atoms with Gasteiger partial charge in [-0.2, -0.15) is 0 Å². The third-order valence-electron chi connectivity index (χ3n) is 7.90. The molecule has 1 atom stereocenters. The van der Waals surface area contributed by atoms with Crippen LogP contribution in [0.5, 0.6) is 5.75 Å². The lowest BCUT2D eigenvalue weighted by Crippen LogP contribution is -2.48. The highest BCUT2D eigenvalue weighted by atomic mass is 32.2. The van der Waals surface area contributed by atoms with E-state index in [2.05, 4.69) is 10.3 Å². The molecule has 0 saturated heterocycles. The molecule has 67 heavy (non-hydrogen) atoms. The summed E-state index contributed by atoms with van der Waals surface area (Å²) in [5, 5.41) is 3.20. The molecule has 1 amide bonds. The Balaban J connectivity index is -0.00000185. The van der Waals surface area contributed by atoms with Gasteiger partial charge in [0.15, 0.2) is 0 Å². The van der Waals surface area contributed by atoms with Crippen molar-refractivity contribution in [3.63, 3.8) is 0 Å². The molecule has 1 heterocycles. The molecule has 1 unspecified atom stereocenters. The topological polar surface area (TPSA) is 237 Å². The van der Waals surface area contributed by atoms with Crippen LogP contribution < -0.4 is 33.1 Å². The van der Waals surface area contributed by atoms with E-state index < -0.39 is 90.2 Å². The third kappa shape index (κ3) is 29.2. The van der Waals surface area contributed by atoms with Gasteiger partial charge in [0.05, 0.1) is 49.9 Å². The number of ether oxygens (including phenoxy) is 2. The van der Waals surface area contributed by atoms with Gasteiger partial charge in [0.2, 0.25) is 11.3 Å². The maximum absolute atomic E-state index is 16.0. The van der Waals surface area contributed by atoms with E-state index in [1.807, 2.05) is 69.2 Å². The number of allylic oxidation sites excluding steroid dienone is 2. The lowest BCUT2D eigenvalue weighted by molar-refractivity contribution is -0.158. The van der Waals surface area contributed by atoms with E-state index in [9.17, 15) is 32.3 Å². The Labute approximate surface area is 407 Å². The molecule has 1 aromatic rings. The van der Waals surface area contributed by atoms with Gasteiger partial charge in [-0.05, 0) is 52.7 Å². The number of hydrogen-bond acceptors (Lipinski definition) is 16. The minimum Gasteiger partial charge on any atom is -0.490 e. The van der Waals surface area contributed by atoms with Gasteiger partial charge in [0.1, 0.15) is 35.1 Å². The van der Waals surface area contributed by atoms with E-state index in [1.165, 1.54) is 6.07 Å². The van der Waals surface area contributed by atoms with Crippen LogP contribution in [0.2, 0.25) is 0 Å². The number of nitrogens with zero attached hydrogens (tertiary/aromatic N) is 2. The molecule has 21 heteroatoms. The number of unbranched alkanes of at least 4 members (excludes halogenated alkanes) is 2. The Morgan fingerprint density at radius 3 is 1.84 bits per heavy atom. The second-order valence-corrected chi connectivity index (χ2v) is 16.1. The van der Waals surface area contributed by atoms with Crippen molar-refractivity contribution in [2.45, 2.75) is 172 Å². The number of nitrogens with one attached hydrogen (secondary N) is 1. The number of rotatable bonds is 23. The average molecular weight is 1000 g/mol. The average Bonchev–Trinajstić information content (AvgIpc) is 3.26. The quantitative estimate of drug-likeness (QED) is 0.00789. The van der Waals surface area contributed by atoms with Crippen molar-refractivity contribution in [2.24, 2.45) is 28.5 Å². The monoisotopic (exact) mass is 1000 g/mol. The lowest BCUT2D eigenvalue weighted by Gasteiger charge is -2.34. The van der Waals surface area contributed by atoms with E-state index in [4.69, 9.17) is 40.9 Å². The molecular formula is C46H83F4N7O8S2. The Kier molecular flexibility index (Phi) is 39.8. The van der Waals surface area contributed by atoms with E-state index in [-0.39, 0.29) is 23.7 Å². The van der Waals surface area contributed by atoms with Crippen molar-refractivity contribution in [1.29, 1.82) is 0 Å². The summed E-state index contributed by atoms with van der Waals surface area (Å²) < 4.78 is 73.7. The zero-order valence-electron chi connectivity index (χ0n) is 42.6. The Morgan fingerprint density at radius 1 is 0.896 bits per heavy atom. The van der Waals surface area contributed by atoms with Gasteiger partial charge in [-0.3, -0.25) is 14.2 Å². The summed E-state index contributed by atoms with van der Waals surface area (Å²) in [6.45, 7) is 25.7. The highest BCUT2D eigenvalue weighted by Crippen LogP contribution is 2.40. The SMILES string of the molecule is CC.CC.CC.CC.CCCCSOC(=O)C(CC(F)CN(N)/C=C(\N)C(=O)OC(C)(C)C)(C(=O)OSCCCC)/C(N)=C/C=C(\N)NC(=O)Cc1cc(OC2CC(F)(F)C2)cc(C)n1.CF. The normalized spacial score (nSPS) is 13.7. The molecule has 1 aliphatic rings. The second kappa shape index (κ2) is 38.6. The fourth-order valence-corrected chi connectivity index (χ4v) is 6.54. The minimum absolute atomic E-state index is 0.271. The van der Waals surface area contributed by atoms with Crippen molar-refractivity contribution < 1.29 is 54.6 Å². The molecule has 0 radical (unpaired) electrons. The van der Waals surface area contributed by atoms with Crippen LogP contribution in [-0.4, -0.2) is 82.8 Å². The van der Waals surface area contributed by atoms with Crippen LogP contribution in [0.25, 0.3) is 0 Å². The molecule has 1 fully saturated rings. The molecule has 1 saturated carbocycles. The summed E-state index contributed by atoms with van der Waals surface area (Å²) in [7, 11) is 0.500. The van der Waals surface area contributed by atoms with Crippen LogP contribution in [0.15, 0.2) is 47.7 Å². The first-order chi connectivity index (χ1) is 31.6. The number of aryl methyl sites for hydroxylation is 1. The molecule has 0 spiro atoms.